The second-order valence-electron chi connectivity index (χ2n) is 5.13. The molecule has 5 nitrogen and oxygen atoms in total. The highest BCUT2D eigenvalue weighted by atomic mass is 32.2. The van der Waals surface area contributed by atoms with E-state index in [4.69, 9.17) is 4.52 Å². The van der Waals surface area contributed by atoms with E-state index < -0.39 is 15.7 Å². The molecule has 0 unspecified atom stereocenters. The van der Waals surface area contributed by atoms with Crippen molar-refractivity contribution in [2.75, 3.05) is 6.26 Å². The van der Waals surface area contributed by atoms with Gasteiger partial charge in [-0.3, -0.25) is 0 Å². The minimum Gasteiger partial charge on any atom is -0.360 e. The third kappa shape index (κ3) is 2.91. The predicted octanol–water partition coefficient (Wildman–Crippen LogP) is 3.62. The van der Waals surface area contributed by atoms with E-state index in [2.05, 4.69) is 10.1 Å². The Labute approximate surface area is 136 Å². The third-order valence-corrected chi connectivity index (χ3v) is 5.25. The zero-order chi connectivity index (χ0) is 16.8. The second-order valence-corrected chi connectivity index (χ2v) is 8.18. The molecule has 0 bridgehead atoms. The number of hydrogen-bond donors (Lipinski definition) is 0. The number of aryl methyl sites for hydroxylation is 2. The highest BCUT2D eigenvalue weighted by molar-refractivity contribution is 7.90. The van der Waals surface area contributed by atoms with Crippen molar-refractivity contribution in [2.24, 2.45) is 0 Å². The van der Waals surface area contributed by atoms with Gasteiger partial charge in [0.2, 0.25) is 0 Å². The third-order valence-electron chi connectivity index (χ3n) is 3.34. The molecule has 3 rings (SSSR count). The lowest BCUT2D eigenvalue weighted by Crippen LogP contribution is -2.00. The van der Waals surface area contributed by atoms with E-state index in [1.165, 1.54) is 23.5 Å². The van der Waals surface area contributed by atoms with Crippen LogP contribution in [0, 0.1) is 19.7 Å². The lowest BCUT2D eigenvalue weighted by molar-refractivity contribution is 0.400. The largest absolute Gasteiger partial charge is 0.360 e. The fourth-order valence-corrected chi connectivity index (χ4v) is 3.64. The van der Waals surface area contributed by atoms with Gasteiger partial charge in [0.1, 0.15) is 27.9 Å². The van der Waals surface area contributed by atoms with Gasteiger partial charge in [0, 0.05) is 11.6 Å². The Morgan fingerprint density at radius 2 is 2.00 bits per heavy atom. The van der Waals surface area contributed by atoms with Gasteiger partial charge in [-0.2, -0.15) is 0 Å². The van der Waals surface area contributed by atoms with Crippen molar-refractivity contribution in [1.29, 1.82) is 0 Å². The van der Waals surface area contributed by atoms with E-state index in [0.717, 1.165) is 11.3 Å². The van der Waals surface area contributed by atoms with Crippen LogP contribution in [0.1, 0.15) is 10.8 Å². The van der Waals surface area contributed by atoms with Gasteiger partial charge in [-0.15, -0.1) is 11.3 Å². The number of thiazole rings is 1. The molecule has 0 saturated heterocycles. The zero-order valence-electron chi connectivity index (χ0n) is 12.6. The Hall–Kier alpha value is -2.06. The van der Waals surface area contributed by atoms with Gasteiger partial charge in [0.05, 0.1) is 10.6 Å². The molecule has 0 amide bonds. The molecule has 1 aromatic carbocycles. The van der Waals surface area contributed by atoms with Crippen LogP contribution < -0.4 is 0 Å². The molecule has 0 saturated carbocycles. The summed E-state index contributed by atoms with van der Waals surface area (Å²) in [6.07, 6.45) is 0.971. The summed E-state index contributed by atoms with van der Waals surface area (Å²) < 4.78 is 42.4. The van der Waals surface area contributed by atoms with Crippen LogP contribution in [0.3, 0.4) is 0 Å². The summed E-state index contributed by atoms with van der Waals surface area (Å²) in [7, 11) is -3.61. The Morgan fingerprint density at radius 1 is 1.26 bits per heavy atom. The number of sulfone groups is 1. The van der Waals surface area contributed by atoms with E-state index in [0.29, 0.717) is 28.3 Å². The summed E-state index contributed by atoms with van der Waals surface area (Å²) >= 11 is 1.48. The molecular formula is C15H13FN2O3S2. The van der Waals surface area contributed by atoms with Crippen molar-refractivity contribution in [3.63, 3.8) is 0 Å². The first kappa shape index (κ1) is 15.8. The van der Waals surface area contributed by atoms with Gasteiger partial charge >= 0.3 is 0 Å². The lowest BCUT2D eigenvalue weighted by Gasteiger charge is -2.05. The molecular weight excluding hydrogens is 339 g/mol. The summed E-state index contributed by atoms with van der Waals surface area (Å²) in [5.41, 5.74) is 2.26. The van der Waals surface area contributed by atoms with Crippen molar-refractivity contribution in [3.8, 4) is 22.5 Å². The number of rotatable bonds is 3. The quantitative estimate of drug-likeness (QED) is 0.720. The van der Waals surface area contributed by atoms with Crippen molar-refractivity contribution in [1.82, 2.24) is 10.1 Å². The molecule has 120 valence electrons. The maximum Gasteiger partial charge on any atom is 0.178 e. The normalized spacial score (nSPS) is 11.8. The lowest BCUT2D eigenvalue weighted by atomic mass is 10.0. The fourth-order valence-electron chi connectivity index (χ4n) is 2.32. The van der Waals surface area contributed by atoms with Crippen molar-refractivity contribution < 1.29 is 17.3 Å². The van der Waals surface area contributed by atoms with Gasteiger partial charge in [-0.05, 0) is 31.5 Å². The van der Waals surface area contributed by atoms with Crippen molar-refractivity contribution in [3.05, 3.63) is 40.2 Å². The number of halogens is 1. The zero-order valence-corrected chi connectivity index (χ0v) is 14.3. The van der Waals surface area contributed by atoms with Crippen LogP contribution in [0.2, 0.25) is 0 Å². The average molecular weight is 352 g/mol. The van der Waals surface area contributed by atoms with Gasteiger partial charge in [0.25, 0.3) is 0 Å². The summed E-state index contributed by atoms with van der Waals surface area (Å²) in [4.78, 5) is 4.03. The van der Waals surface area contributed by atoms with Gasteiger partial charge in [0.15, 0.2) is 9.84 Å². The Balaban J connectivity index is 2.17. The number of benzene rings is 1. The molecule has 23 heavy (non-hydrogen) atoms. The topological polar surface area (TPSA) is 73.1 Å². The van der Waals surface area contributed by atoms with Crippen LogP contribution in [0.25, 0.3) is 22.5 Å². The molecule has 0 atom stereocenters. The molecule has 0 aliphatic carbocycles. The standard InChI is InChI=1S/C15H13FN2O3S2/c1-8-14(15(18-21-8)12-7-22-9(2)17-12)10-4-5-13(11(16)6-10)23(3,19)20/h4-7H,1-3H3. The molecule has 0 aliphatic rings. The summed E-state index contributed by atoms with van der Waals surface area (Å²) in [6.45, 7) is 3.59. The van der Waals surface area contributed by atoms with E-state index in [9.17, 15) is 12.8 Å². The Morgan fingerprint density at radius 3 is 2.57 bits per heavy atom. The molecule has 0 N–H and O–H groups in total. The number of aromatic nitrogens is 2. The Bertz CT molecular complexity index is 990. The van der Waals surface area contributed by atoms with Crippen LogP contribution in [-0.2, 0) is 9.84 Å². The van der Waals surface area contributed by atoms with Gasteiger partial charge < -0.3 is 4.52 Å². The summed E-state index contributed by atoms with van der Waals surface area (Å²) in [5.74, 6) is -0.289. The van der Waals surface area contributed by atoms with Crippen LogP contribution in [0.5, 0.6) is 0 Å². The molecule has 8 heteroatoms. The van der Waals surface area contributed by atoms with Crippen molar-refractivity contribution >= 4 is 21.2 Å². The second kappa shape index (κ2) is 5.54. The molecule has 0 fully saturated rings. The van der Waals surface area contributed by atoms with Crippen LogP contribution in [0.4, 0.5) is 4.39 Å². The maximum absolute atomic E-state index is 14.2. The SMILES string of the molecule is Cc1nc(-c2noc(C)c2-c2ccc(S(C)(=O)=O)c(F)c2)cs1. The fraction of sp³-hybridized carbons (Fsp3) is 0.200. The van der Waals surface area contributed by atoms with Gasteiger partial charge in [-0.1, -0.05) is 11.2 Å². The molecule has 3 aromatic rings. The Kier molecular flexibility index (Phi) is 3.81. The van der Waals surface area contributed by atoms with Crippen LogP contribution >= 0.6 is 11.3 Å². The predicted molar refractivity (Wildman–Crippen MR) is 85.6 cm³/mol. The van der Waals surface area contributed by atoms with Crippen LogP contribution in [-0.4, -0.2) is 24.8 Å². The average Bonchev–Trinajstić information content (AvgIpc) is 3.03. The molecule has 0 aliphatic heterocycles. The highest BCUT2D eigenvalue weighted by Crippen LogP contribution is 2.35. The summed E-state index contributed by atoms with van der Waals surface area (Å²) in [5, 5.41) is 6.73. The first-order valence-electron chi connectivity index (χ1n) is 6.66. The highest BCUT2D eigenvalue weighted by Gasteiger charge is 2.21. The van der Waals surface area contributed by atoms with E-state index in [1.54, 1.807) is 13.0 Å². The first-order valence-corrected chi connectivity index (χ1v) is 9.43. The van der Waals surface area contributed by atoms with Crippen LogP contribution in [0.15, 0.2) is 33.0 Å². The molecule has 0 radical (unpaired) electrons. The molecule has 0 spiro atoms. The van der Waals surface area contributed by atoms with Crippen molar-refractivity contribution in [2.45, 2.75) is 18.7 Å². The number of hydrogen-bond acceptors (Lipinski definition) is 6. The number of nitrogens with zero attached hydrogens (tertiary/aromatic N) is 2. The molecule has 2 heterocycles. The minimum absolute atomic E-state index is 0.332. The smallest absolute Gasteiger partial charge is 0.178 e. The minimum atomic E-state index is -3.61. The monoisotopic (exact) mass is 352 g/mol. The summed E-state index contributed by atoms with van der Waals surface area (Å²) in [6, 6.07) is 3.98. The van der Waals surface area contributed by atoms with E-state index >= 15 is 0 Å². The van der Waals surface area contributed by atoms with E-state index in [1.807, 2.05) is 12.3 Å². The van der Waals surface area contributed by atoms with Gasteiger partial charge in [-0.25, -0.2) is 17.8 Å². The first-order chi connectivity index (χ1) is 10.8. The maximum atomic E-state index is 14.2. The molecule has 2 aromatic heterocycles. The van der Waals surface area contributed by atoms with E-state index in [-0.39, 0.29) is 4.90 Å².